The molecule has 0 spiro atoms. The smallest absolute Gasteiger partial charge is 0.335 e. The summed E-state index contributed by atoms with van der Waals surface area (Å²) < 4.78 is 27.0. The second kappa shape index (κ2) is 6.85. The lowest BCUT2D eigenvalue weighted by molar-refractivity contribution is 0.0696. The molecular formula is C14H21NO4S. The topological polar surface area (TPSA) is 83.5 Å². The normalized spacial score (nSPS) is 11.6. The van der Waals surface area contributed by atoms with Crippen LogP contribution in [0, 0.1) is 13.8 Å². The molecule has 0 saturated carbocycles. The third-order valence-corrected chi connectivity index (χ3v) is 4.82. The molecule has 1 aromatic rings. The van der Waals surface area contributed by atoms with Crippen LogP contribution in [0.25, 0.3) is 0 Å². The van der Waals surface area contributed by atoms with Crippen LogP contribution in [0.1, 0.15) is 47.7 Å². The van der Waals surface area contributed by atoms with E-state index in [2.05, 4.69) is 4.72 Å². The molecule has 0 amide bonds. The second-order valence-corrected chi connectivity index (χ2v) is 6.56. The van der Waals surface area contributed by atoms with Crippen molar-refractivity contribution >= 4 is 16.0 Å². The number of rotatable bonds is 7. The molecule has 112 valence electrons. The van der Waals surface area contributed by atoms with Gasteiger partial charge in [-0.2, -0.15) is 0 Å². The van der Waals surface area contributed by atoms with Gasteiger partial charge in [0.05, 0.1) is 10.5 Å². The second-order valence-electron chi connectivity index (χ2n) is 4.83. The number of unbranched alkanes of at least 4 members (excludes halogenated alkanes) is 2. The zero-order chi connectivity index (χ0) is 15.3. The van der Waals surface area contributed by atoms with Gasteiger partial charge in [0, 0.05) is 6.54 Å². The van der Waals surface area contributed by atoms with Crippen molar-refractivity contribution < 1.29 is 18.3 Å². The molecule has 0 aromatic heterocycles. The number of benzene rings is 1. The van der Waals surface area contributed by atoms with Gasteiger partial charge in [0.15, 0.2) is 0 Å². The lowest BCUT2D eigenvalue weighted by Crippen LogP contribution is -2.26. The Hall–Kier alpha value is -1.40. The van der Waals surface area contributed by atoms with E-state index in [0.717, 1.165) is 19.3 Å². The van der Waals surface area contributed by atoms with Gasteiger partial charge in [0.25, 0.3) is 0 Å². The quantitative estimate of drug-likeness (QED) is 0.758. The van der Waals surface area contributed by atoms with E-state index in [4.69, 9.17) is 5.11 Å². The van der Waals surface area contributed by atoms with Crippen molar-refractivity contribution in [1.82, 2.24) is 4.72 Å². The summed E-state index contributed by atoms with van der Waals surface area (Å²) in [6.07, 6.45) is 2.73. The summed E-state index contributed by atoms with van der Waals surface area (Å²) in [5, 5.41) is 9.02. The highest BCUT2D eigenvalue weighted by atomic mass is 32.2. The van der Waals surface area contributed by atoms with E-state index in [9.17, 15) is 13.2 Å². The molecule has 0 heterocycles. The highest BCUT2D eigenvalue weighted by molar-refractivity contribution is 7.89. The average molecular weight is 299 g/mol. The summed E-state index contributed by atoms with van der Waals surface area (Å²) in [5.74, 6) is -1.13. The number of carbonyl (C=O) groups is 1. The molecule has 0 aliphatic carbocycles. The third kappa shape index (κ3) is 4.05. The lowest BCUT2D eigenvalue weighted by Gasteiger charge is -2.12. The number of aryl methyl sites for hydroxylation is 1. The zero-order valence-electron chi connectivity index (χ0n) is 12.1. The third-order valence-electron chi connectivity index (χ3n) is 3.23. The molecule has 1 aromatic carbocycles. The van der Waals surface area contributed by atoms with Gasteiger partial charge in [-0.3, -0.25) is 0 Å². The molecule has 0 atom stereocenters. The van der Waals surface area contributed by atoms with Crippen molar-refractivity contribution in [3.05, 3.63) is 28.8 Å². The van der Waals surface area contributed by atoms with Crippen molar-refractivity contribution in [3.63, 3.8) is 0 Å². The Morgan fingerprint density at radius 1 is 1.25 bits per heavy atom. The predicted molar refractivity (Wildman–Crippen MR) is 77.6 cm³/mol. The highest BCUT2D eigenvalue weighted by Crippen LogP contribution is 2.21. The molecule has 0 bridgehead atoms. The van der Waals surface area contributed by atoms with E-state index in [-0.39, 0.29) is 10.5 Å². The largest absolute Gasteiger partial charge is 0.478 e. The number of carboxylic acid groups (broad SMARTS) is 1. The first kappa shape index (κ1) is 16.7. The van der Waals surface area contributed by atoms with Crippen LogP contribution in [0.3, 0.4) is 0 Å². The number of nitrogens with one attached hydrogen (secondary N) is 1. The Labute approximate surface area is 120 Å². The molecule has 6 heteroatoms. The number of carboxylic acids is 1. The number of sulfonamides is 1. The molecule has 20 heavy (non-hydrogen) atoms. The van der Waals surface area contributed by atoms with Gasteiger partial charge in [0.2, 0.25) is 10.0 Å². The van der Waals surface area contributed by atoms with Crippen LogP contribution in [0.5, 0.6) is 0 Å². The maximum absolute atomic E-state index is 12.2. The van der Waals surface area contributed by atoms with Crippen LogP contribution < -0.4 is 4.72 Å². The van der Waals surface area contributed by atoms with E-state index in [0.29, 0.717) is 17.7 Å². The van der Waals surface area contributed by atoms with Crippen LogP contribution in [-0.4, -0.2) is 26.0 Å². The van der Waals surface area contributed by atoms with Crippen molar-refractivity contribution in [2.75, 3.05) is 6.54 Å². The molecule has 5 nitrogen and oxygen atoms in total. The van der Waals surface area contributed by atoms with Crippen LogP contribution in [-0.2, 0) is 10.0 Å². The fourth-order valence-electron chi connectivity index (χ4n) is 1.89. The molecule has 0 unspecified atom stereocenters. The first-order valence-electron chi connectivity index (χ1n) is 6.63. The number of aromatic carboxylic acids is 1. The lowest BCUT2D eigenvalue weighted by atomic mass is 10.1. The average Bonchev–Trinajstić information content (AvgIpc) is 2.37. The van der Waals surface area contributed by atoms with Gasteiger partial charge in [0.1, 0.15) is 0 Å². The Kier molecular flexibility index (Phi) is 5.71. The minimum absolute atomic E-state index is 0.0120. The Morgan fingerprint density at radius 2 is 1.90 bits per heavy atom. The summed E-state index contributed by atoms with van der Waals surface area (Å²) >= 11 is 0. The van der Waals surface area contributed by atoms with E-state index < -0.39 is 16.0 Å². The summed E-state index contributed by atoms with van der Waals surface area (Å²) in [6.45, 7) is 5.80. The van der Waals surface area contributed by atoms with Gasteiger partial charge in [-0.05, 0) is 43.5 Å². The van der Waals surface area contributed by atoms with E-state index in [1.165, 1.54) is 12.1 Å². The molecule has 2 N–H and O–H groups in total. The van der Waals surface area contributed by atoms with Crippen LogP contribution >= 0.6 is 0 Å². The molecular weight excluding hydrogens is 278 g/mol. The van der Waals surface area contributed by atoms with Gasteiger partial charge in [-0.25, -0.2) is 17.9 Å². The molecule has 0 saturated heterocycles. The summed E-state index contributed by atoms with van der Waals surface area (Å²) in [4.78, 5) is 11.1. The molecule has 0 fully saturated rings. The standard InChI is InChI=1S/C14H21NO4S/c1-4-5-6-7-15-20(18,19)13-9-12(14(16)17)8-10(2)11(13)3/h8-9,15H,4-7H2,1-3H3,(H,16,17). The van der Waals surface area contributed by atoms with Gasteiger partial charge >= 0.3 is 5.97 Å². The van der Waals surface area contributed by atoms with Gasteiger partial charge in [-0.15, -0.1) is 0 Å². The van der Waals surface area contributed by atoms with E-state index >= 15 is 0 Å². The fraction of sp³-hybridized carbons (Fsp3) is 0.500. The fourth-order valence-corrected chi connectivity index (χ4v) is 3.30. The number of hydrogen-bond acceptors (Lipinski definition) is 3. The molecule has 0 aliphatic rings. The first-order valence-corrected chi connectivity index (χ1v) is 8.12. The van der Waals surface area contributed by atoms with Crippen molar-refractivity contribution in [1.29, 1.82) is 0 Å². The highest BCUT2D eigenvalue weighted by Gasteiger charge is 2.20. The Balaban J connectivity index is 3.07. The van der Waals surface area contributed by atoms with Gasteiger partial charge < -0.3 is 5.11 Å². The first-order chi connectivity index (χ1) is 9.29. The monoisotopic (exact) mass is 299 g/mol. The van der Waals surface area contributed by atoms with Crippen LogP contribution in [0.4, 0.5) is 0 Å². The van der Waals surface area contributed by atoms with Crippen molar-refractivity contribution in [2.24, 2.45) is 0 Å². The summed E-state index contributed by atoms with van der Waals surface area (Å²) in [7, 11) is -3.66. The minimum Gasteiger partial charge on any atom is -0.478 e. The summed E-state index contributed by atoms with van der Waals surface area (Å²) in [6, 6.07) is 2.70. The van der Waals surface area contributed by atoms with Gasteiger partial charge in [-0.1, -0.05) is 19.8 Å². The molecule has 0 radical (unpaired) electrons. The minimum atomic E-state index is -3.66. The van der Waals surface area contributed by atoms with Crippen LogP contribution in [0.2, 0.25) is 0 Å². The Morgan fingerprint density at radius 3 is 2.45 bits per heavy atom. The zero-order valence-corrected chi connectivity index (χ0v) is 12.9. The predicted octanol–water partition coefficient (Wildman–Crippen LogP) is 2.47. The van der Waals surface area contributed by atoms with Crippen molar-refractivity contribution in [3.8, 4) is 0 Å². The maximum Gasteiger partial charge on any atom is 0.335 e. The van der Waals surface area contributed by atoms with Crippen LogP contribution in [0.15, 0.2) is 17.0 Å². The van der Waals surface area contributed by atoms with Crippen molar-refractivity contribution in [2.45, 2.75) is 44.9 Å². The molecule has 0 aliphatic heterocycles. The molecule has 1 rings (SSSR count). The van der Waals surface area contributed by atoms with E-state index in [1.807, 2.05) is 6.92 Å². The maximum atomic E-state index is 12.2. The Bertz CT molecular complexity index is 593. The summed E-state index contributed by atoms with van der Waals surface area (Å²) in [5.41, 5.74) is 1.22. The van der Waals surface area contributed by atoms with E-state index in [1.54, 1.807) is 13.8 Å². The number of hydrogen-bond donors (Lipinski definition) is 2. The SMILES string of the molecule is CCCCCNS(=O)(=O)c1cc(C(=O)O)cc(C)c1C.